The first-order chi connectivity index (χ1) is 13.4. The fraction of sp³-hybridized carbons (Fsp3) is 0.471. The van der Waals surface area contributed by atoms with E-state index in [-0.39, 0.29) is 48.4 Å². The highest BCUT2D eigenvalue weighted by atomic mass is 16.5. The summed E-state index contributed by atoms with van der Waals surface area (Å²) in [6.45, 7) is 4.06. The van der Waals surface area contributed by atoms with Gasteiger partial charge in [0.1, 0.15) is 11.7 Å². The van der Waals surface area contributed by atoms with E-state index < -0.39 is 0 Å². The molecule has 1 saturated heterocycles. The molecule has 0 bridgehead atoms. The molecule has 0 radical (unpaired) electrons. The lowest BCUT2D eigenvalue weighted by molar-refractivity contribution is -0.0336. The lowest BCUT2D eigenvalue weighted by Gasteiger charge is -2.18. The van der Waals surface area contributed by atoms with Gasteiger partial charge in [-0.15, -0.1) is 0 Å². The Hall–Kier alpha value is -3.05. The maximum Gasteiger partial charge on any atom is 0.254 e. The lowest BCUT2D eigenvalue weighted by atomic mass is 9.93. The second-order valence-electron chi connectivity index (χ2n) is 6.95. The molecule has 0 spiro atoms. The molecule has 0 saturated carbocycles. The van der Waals surface area contributed by atoms with Crippen LogP contribution in [0.2, 0.25) is 0 Å². The van der Waals surface area contributed by atoms with Crippen LogP contribution in [0.15, 0.2) is 18.7 Å². The third-order valence-corrected chi connectivity index (χ3v) is 5.35. The third-order valence-electron chi connectivity index (χ3n) is 5.35. The molecule has 28 heavy (non-hydrogen) atoms. The maximum atomic E-state index is 11.8. The zero-order valence-corrected chi connectivity index (χ0v) is 15.8. The minimum absolute atomic E-state index is 0.0490. The van der Waals surface area contributed by atoms with Crippen molar-refractivity contribution in [3.05, 3.63) is 24.3 Å². The van der Waals surface area contributed by atoms with Crippen LogP contribution in [0.1, 0.15) is 30.4 Å². The SMILES string of the molecule is CNC(=O)c1cnn(-c2nc(N)c3ncn([C@@H]4OC(CO)[C@@H](C)[C@H]4C)c3n2)c1. The molecule has 1 fully saturated rings. The molecular formula is C17H22N8O3. The average molecular weight is 386 g/mol. The van der Waals surface area contributed by atoms with Crippen LogP contribution in [-0.4, -0.2) is 60.1 Å². The van der Waals surface area contributed by atoms with E-state index in [0.29, 0.717) is 16.7 Å². The molecule has 3 aromatic heterocycles. The Morgan fingerprint density at radius 2 is 2.14 bits per heavy atom. The number of carbonyl (C=O) groups excluding carboxylic acids is 1. The minimum Gasteiger partial charge on any atom is -0.394 e. The summed E-state index contributed by atoms with van der Waals surface area (Å²) in [5.41, 5.74) is 7.43. The standard InChI is InChI=1S/C17H22N8O3/c1-8-9(2)16(28-11(8)6-26)24-7-20-12-13(18)22-17(23-14(12)24)25-5-10(4-21-25)15(27)19-3/h4-5,7-9,11,16,26H,6H2,1-3H3,(H,19,27)(H2,18,22,23)/t8-,9+,11?,16+/m0/s1. The molecule has 0 aliphatic carbocycles. The van der Waals surface area contributed by atoms with Crippen molar-refractivity contribution in [3.8, 4) is 5.95 Å². The first-order valence-corrected chi connectivity index (χ1v) is 8.98. The second-order valence-corrected chi connectivity index (χ2v) is 6.95. The Kier molecular flexibility index (Phi) is 4.47. The minimum atomic E-state index is -0.335. The van der Waals surface area contributed by atoms with Crippen molar-refractivity contribution in [1.82, 2.24) is 34.6 Å². The van der Waals surface area contributed by atoms with Gasteiger partial charge in [0.15, 0.2) is 11.5 Å². The number of hydrogen-bond acceptors (Lipinski definition) is 8. The van der Waals surface area contributed by atoms with Crippen molar-refractivity contribution in [2.24, 2.45) is 11.8 Å². The van der Waals surface area contributed by atoms with E-state index in [2.05, 4.69) is 32.3 Å². The van der Waals surface area contributed by atoms with Crippen molar-refractivity contribution < 1.29 is 14.6 Å². The van der Waals surface area contributed by atoms with Gasteiger partial charge in [0, 0.05) is 19.2 Å². The van der Waals surface area contributed by atoms with E-state index in [0.717, 1.165) is 0 Å². The highest BCUT2D eigenvalue weighted by molar-refractivity contribution is 5.93. The number of amides is 1. The number of hydrogen-bond donors (Lipinski definition) is 3. The number of ether oxygens (including phenoxy) is 1. The van der Waals surface area contributed by atoms with Gasteiger partial charge in [-0.05, 0) is 5.92 Å². The second kappa shape index (κ2) is 6.84. The van der Waals surface area contributed by atoms with Crippen LogP contribution in [0.4, 0.5) is 5.82 Å². The van der Waals surface area contributed by atoms with Gasteiger partial charge in [0.25, 0.3) is 11.9 Å². The smallest absolute Gasteiger partial charge is 0.254 e. The summed E-state index contributed by atoms with van der Waals surface area (Å²) in [5.74, 6) is 0.473. The zero-order valence-electron chi connectivity index (χ0n) is 15.8. The Morgan fingerprint density at radius 3 is 2.82 bits per heavy atom. The molecular weight excluding hydrogens is 364 g/mol. The van der Waals surface area contributed by atoms with Gasteiger partial charge >= 0.3 is 0 Å². The highest BCUT2D eigenvalue weighted by Gasteiger charge is 2.40. The van der Waals surface area contributed by atoms with E-state index in [1.807, 2.05) is 6.92 Å². The van der Waals surface area contributed by atoms with Crippen LogP contribution in [0.25, 0.3) is 17.1 Å². The summed E-state index contributed by atoms with van der Waals surface area (Å²) < 4.78 is 9.21. The van der Waals surface area contributed by atoms with Crippen molar-refractivity contribution >= 4 is 22.9 Å². The van der Waals surface area contributed by atoms with E-state index >= 15 is 0 Å². The van der Waals surface area contributed by atoms with Gasteiger partial charge in [-0.2, -0.15) is 15.1 Å². The molecule has 3 aromatic rings. The summed E-state index contributed by atoms with van der Waals surface area (Å²) in [6, 6.07) is 0. The van der Waals surface area contributed by atoms with Gasteiger partial charge in [0.2, 0.25) is 0 Å². The molecule has 4 rings (SSSR count). The van der Waals surface area contributed by atoms with Crippen LogP contribution < -0.4 is 11.1 Å². The molecule has 148 valence electrons. The number of nitrogen functional groups attached to an aromatic ring is 1. The Labute approximate surface area is 160 Å². The fourth-order valence-corrected chi connectivity index (χ4v) is 3.46. The van der Waals surface area contributed by atoms with Crippen LogP contribution in [0.3, 0.4) is 0 Å². The first-order valence-electron chi connectivity index (χ1n) is 8.98. The predicted molar refractivity (Wildman–Crippen MR) is 99.6 cm³/mol. The largest absolute Gasteiger partial charge is 0.394 e. The number of nitrogens with one attached hydrogen (secondary N) is 1. The molecule has 1 aliphatic heterocycles. The molecule has 4 heterocycles. The van der Waals surface area contributed by atoms with Crippen LogP contribution >= 0.6 is 0 Å². The molecule has 1 unspecified atom stereocenters. The number of nitrogens with two attached hydrogens (primary N) is 1. The lowest BCUT2D eigenvalue weighted by Crippen LogP contribution is -2.19. The molecule has 1 amide bonds. The predicted octanol–water partition coefficient (Wildman–Crippen LogP) is 0.116. The van der Waals surface area contributed by atoms with Crippen LogP contribution in [0, 0.1) is 11.8 Å². The number of fused-ring (bicyclic) bond motifs is 1. The van der Waals surface area contributed by atoms with E-state index in [9.17, 15) is 9.90 Å². The Bertz CT molecular complexity index is 1030. The third kappa shape index (κ3) is 2.79. The van der Waals surface area contributed by atoms with Crippen molar-refractivity contribution in [3.63, 3.8) is 0 Å². The summed E-state index contributed by atoms with van der Waals surface area (Å²) in [4.78, 5) is 24.9. The first kappa shape index (κ1) is 18.3. The summed E-state index contributed by atoms with van der Waals surface area (Å²) >= 11 is 0. The molecule has 4 N–H and O–H groups in total. The van der Waals surface area contributed by atoms with Gasteiger partial charge < -0.3 is 20.9 Å². The number of nitrogens with zero attached hydrogens (tertiary/aromatic N) is 6. The fourth-order valence-electron chi connectivity index (χ4n) is 3.46. The van der Waals surface area contributed by atoms with Gasteiger partial charge in [-0.3, -0.25) is 9.36 Å². The van der Waals surface area contributed by atoms with E-state index in [1.54, 1.807) is 17.9 Å². The quantitative estimate of drug-likeness (QED) is 0.573. The maximum absolute atomic E-state index is 11.8. The van der Waals surface area contributed by atoms with Gasteiger partial charge in [0.05, 0.1) is 30.8 Å². The number of imidazole rings is 1. The number of aliphatic hydroxyl groups excluding tert-OH is 1. The van der Waals surface area contributed by atoms with Crippen LogP contribution in [0.5, 0.6) is 0 Å². The van der Waals surface area contributed by atoms with Crippen LogP contribution in [-0.2, 0) is 4.74 Å². The normalized spacial score (nSPS) is 24.7. The molecule has 11 heteroatoms. The molecule has 4 atom stereocenters. The number of rotatable bonds is 4. The summed E-state index contributed by atoms with van der Waals surface area (Å²) in [5, 5.41) is 16.2. The monoisotopic (exact) mass is 386 g/mol. The number of aliphatic hydroxyl groups is 1. The molecule has 0 aromatic carbocycles. The number of anilines is 1. The van der Waals surface area contributed by atoms with Crippen molar-refractivity contribution in [1.29, 1.82) is 0 Å². The van der Waals surface area contributed by atoms with Crippen molar-refractivity contribution in [2.75, 3.05) is 19.4 Å². The summed E-state index contributed by atoms with van der Waals surface area (Å²) in [7, 11) is 1.54. The van der Waals surface area contributed by atoms with E-state index in [1.165, 1.54) is 17.1 Å². The van der Waals surface area contributed by atoms with Gasteiger partial charge in [-0.1, -0.05) is 13.8 Å². The zero-order chi connectivity index (χ0) is 20.0. The van der Waals surface area contributed by atoms with E-state index in [4.69, 9.17) is 10.5 Å². The Morgan fingerprint density at radius 1 is 1.36 bits per heavy atom. The van der Waals surface area contributed by atoms with Gasteiger partial charge in [-0.25, -0.2) is 9.67 Å². The Balaban J connectivity index is 1.77. The summed E-state index contributed by atoms with van der Waals surface area (Å²) in [6.07, 6.45) is 3.98. The average Bonchev–Trinajstić information content (AvgIpc) is 3.40. The topological polar surface area (TPSA) is 146 Å². The number of aromatic nitrogens is 6. The van der Waals surface area contributed by atoms with Crippen molar-refractivity contribution in [2.45, 2.75) is 26.2 Å². The number of carbonyl (C=O) groups is 1. The highest BCUT2D eigenvalue weighted by Crippen LogP contribution is 2.39. The molecule has 1 aliphatic rings. The molecule has 11 nitrogen and oxygen atoms in total.